The summed E-state index contributed by atoms with van der Waals surface area (Å²) in [5.41, 5.74) is 4.96. The third kappa shape index (κ3) is 1.13. The van der Waals surface area contributed by atoms with Gasteiger partial charge in [-0.25, -0.2) is 4.98 Å². The van der Waals surface area contributed by atoms with Crippen molar-refractivity contribution in [2.24, 2.45) is 0 Å². The van der Waals surface area contributed by atoms with E-state index in [2.05, 4.69) is 35.4 Å². The molecule has 0 N–H and O–H groups in total. The number of aromatic nitrogens is 2. The molecule has 0 aliphatic rings. The molecule has 0 unspecified atom stereocenters. The van der Waals surface area contributed by atoms with Crippen molar-refractivity contribution in [2.75, 3.05) is 0 Å². The van der Waals surface area contributed by atoms with Gasteiger partial charge in [-0.05, 0) is 45.4 Å². The second-order valence-electron chi connectivity index (χ2n) is 3.62. The predicted molar refractivity (Wildman–Crippen MR) is 54.1 cm³/mol. The Labute approximate surface area is 78.2 Å². The third-order valence-electron chi connectivity index (χ3n) is 2.55. The summed E-state index contributed by atoms with van der Waals surface area (Å²) in [6.07, 6.45) is 0. The highest BCUT2D eigenvalue weighted by atomic mass is 15.0. The van der Waals surface area contributed by atoms with Gasteiger partial charge in [-0.1, -0.05) is 0 Å². The van der Waals surface area contributed by atoms with Crippen LogP contribution in [-0.4, -0.2) is 9.38 Å². The van der Waals surface area contributed by atoms with Gasteiger partial charge < -0.3 is 4.40 Å². The van der Waals surface area contributed by atoms with Crippen LogP contribution in [0.4, 0.5) is 0 Å². The first kappa shape index (κ1) is 8.30. The standard InChI is InChI=1S/C11H14N2/c1-7-5-11-6-8(2)12-10(4)13(11)9(7)3/h5-6H,1-4H3. The van der Waals surface area contributed by atoms with Crippen LogP contribution in [0.1, 0.15) is 22.8 Å². The first-order valence-corrected chi connectivity index (χ1v) is 4.52. The number of nitrogens with zero attached hydrogens (tertiary/aromatic N) is 2. The fourth-order valence-electron chi connectivity index (χ4n) is 1.85. The van der Waals surface area contributed by atoms with Gasteiger partial charge in [0.15, 0.2) is 0 Å². The topological polar surface area (TPSA) is 17.3 Å². The zero-order chi connectivity index (χ0) is 9.59. The number of aryl methyl sites for hydroxylation is 4. The van der Waals surface area contributed by atoms with E-state index in [-0.39, 0.29) is 0 Å². The van der Waals surface area contributed by atoms with E-state index in [4.69, 9.17) is 0 Å². The lowest BCUT2D eigenvalue weighted by atomic mass is 10.3. The molecule has 2 nitrogen and oxygen atoms in total. The van der Waals surface area contributed by atoms with E-state index in [0.717, 1.165) is 11.5 Å². The fourth-order valence-corrected chi connectivity index (χ4v) is 1.85. The summed E-state index contributed by atoms with van der Waals surface area (Å²) >= 11 is 0. The molecule has 2 aromatic rings. The number of fused-ring (bicyclic) bond motifs is 1. The molecule has 0 aliphatic carbocycles. The largest absolute Gasteiger partial charge is 0.302 e. The first-order valence-electron chi connectivity index (χ1n) is 4.52. The molecule has 2 heterocycles. The molecule has 0 spiro atoms. The van der Waals surface area contributed by atoms with Gasteiger partial charge in [0, 0.05) is 16.9 Å². The summed E-state index contributed by atoms with van der Waals surface area (Å²) in [5.74, 6) is 1.07. The molecule has 0 aliphatic heterocycles. The van der Waals surface area contributed by atoms with E-state index in [0.29, 0.717) is 0 Å². The SMILES string of the molecule is Cc1cc2cc(C)c(C)n2c(C)n1. The third-order valence-corrected chi connectivity index (χ3v) is 2.55. The molecular formula is C11H14N2. The van der Waals surface area contributed by atoms with Crippen LogP contribution in [0.2, 0.25) is 0 Å². The van der Waals surface area contributed by atoms with Gasteiger partial charge in [0.1, 0.15) is 5.82 Å². The summed E-state index contributed by atoms with van der Waals surface area (Å²) < 4.78 is 2.20. The monoisotopic (exact) mass is 174 g/mol. The Bertz CT molecular complexity index is 466. The minimum absolute atomic E-state index is 1.07. The lowest BCUT2D eigenvalue weighted by molar-refractivity contribution is 0.933. The quantitative estimate of drug-likeness (QED) is 0.600. The van der Waals surface area contributed by atoms with E-state index in [1.54, 1.807) is 0 Å². The molecule has 0 fully saturated rings. The maximum atomic E-state index is 4.44. The fraction of sp³-hybridized carbons (Fsp3) is 0.364. The Morgan fingerprint density at radius 3 is 2.46 bits per heavy atom. The number of hydrogen-bond acceptors (Lipinski definition) is 1. The van der Waals surface area contributed by atoms with E-state index in [1.807, 2.05) is 13.8 Å². The van der Waals surface area contributed by atoms with Crippen LogP contribution in [0.15, 0.2) is 12.1 Å². The van der Waals surface area contributed by atoms with E-state index >= 15 is 0 Å². The Balaban J connectivity index is 2.94. The minimum atomic E-state index is 1.07. The number of rotatable bonds is 0. The Morgan fingerprint density at radius 1 is 1.08 bits per heavy atom. The molecule has 0 saturated heterocycles. The molecule has 68 valence electrons. The molecule has 2 aromatic heterocycles. The Kier molecular flexibility index (Phi) is 1.65. The zero-order valence-electron chi connectivity index (χ0n) is 8.55. The second-order valence-corrected chi connectivity index (χ2v) is 3.62. The highest BCUT2D eigenvalue weighted by Crippen LogP contribution is 2.16. The minimum Gasteiger partial charge on any atom is -0.302 e. The lowest BCUT2D eigenvalue weighted by Crippen LogP contribution is -1.98. The van der Waals surface area contributed by atoms with Crippen molar-refractivity contribution in [1.29, 1.82) is 0 Å². The summed E-state index contributed by atoms with van der Waals surface area (Å²) in [7, 11) is 0. The molecule has 0 aromatic carbocycles. The van der Waals surface area contributed by atoms with Gasteiger partial charge in [-0.2, -0.15) is 0 Å². The molecule has 2 heteroatoms. The molecule has 13 heavy (non-hydrogen) atoms. The van der Waals surface area contributed by atoms with Crippen LogP contribution < -0.4 is 0 Å². The van der Waals surface area contributed by atoms with Crippen molar-refractivity contribution in [1.82, 2.24) is 9.38 Å². The molecule has 0 amide bonds. The van der Waals surface area contributed by atoms with Gasteiger partial charge in [0.05, 0.1) is 0 Å². The maximum Gasteiger partial charge on any atom is 0.110 e. The highest BCUT2D eigenvalue weighted by Gasteiger charge is 2.05. The highest BCUT2D eigenvalue weighted by molar-refractivity contribution is 5.54. The van der Waals surface area contributed by atoms with Crippen molar-refractivity contribution < 1.29 is 0 Å². The molecule has 2 rings (SSSR count). The Hall–Kier alpha value is -1.31. The Morgan fingerprint density at radius 2 is 1.77 bits per heavy atom. The van der Waals surface area contributed by atoms with Crippen LogP contribution in [0, 0.1) is 27.7 Å². The molecular weight excluding hydrogens is 160 g/mol. The van der Waals surface area contributed by atoms with Gasteiger partial charge in [-0.3, -0.25) is 0 Å². The molecule has 0 saturated carbocycles. The number of hydrogen-bond donors (Lipinski definition) is 0. The summed E-state index contributed by atoms with van der Waals surface area (Å²) in [6.45, 7) is 8.35. The van der Waals surface area contributed by atoms with Crippen LogP contribution in [0.3, 0.4) is 0 Å². The summed E-state index contributed by atoms with van der Waals surface area (Å²) in [5, 5.41) is 0. The zero-order valence-corrected chi connectivity index (χ0v) is 8.55. The van der Waals surface area contributed by atoms with Gasteiger partial charge >= 0.3 is 0 Å². The van der Waals surface area contributed by atoms with Crippen LogP contribution in [0.5, 0.6) is 0 Å². The lowest BCUT2D eigenvalue weighted by Gasteiger charge is -2.03. The normalized spacial score (nSPS) is 11.1. The van der Waals surface area contributed by atoms with Crippen molar-refractivity contribution in [2.45, 2.75) is 27.7 Å². The maximum absolute atomic E-state index is 4.44. The van der Waals surface area contributed by atoms with Crippen molar-refractivity contribution >= 4 is 5.52 Å². The van der Waals surface area contributed by atoms with Gasteiger partial charge in [-0.15, -0.1) is 0 Å². The molecule has 0 radical (unpaired) electrons. The summed E-state index contributed by atoms with van der Waals surface area (Å²) in [6, 6.07) is 4.32. The summed E-state index contributed by atoms with van der Waals surface area (Å²) in [4.78, 5) is 4.44. The molecule has 0 bridgehead atoms. The van der Waals surface area contributed by atoms with Crippen molar-refractivity contribution in [3.63, 3.8) is 0 Å². The van der Waals surface area contributed by atoms with Crippen LogP contribution in [0.25, 0.3) is 5.52 Å². The van der Waals surface area contributed by atoms with Crippen LogP contribution in [-0.2, 0) is 0 Å². The average molecular weight is 174 g/mol. The average Bonchev–Trinajstić information content (AvgIpc) is 2.27. The second kappa shape index (κ2) is 2.59. The van der Waals surface area contributed by atoms with E-state index < -0.39 is 0 Å². The van der Waals surface area contributed by atoms with E-state index in [9.17, 15) is 0 Å². The predicted octanol–water partition coefficient (Wildman–Crippen LogP) is 2.57. The van der Waals surface area contributed by atoms with Crippen LogP contribution >= 0.6 is 0 Å². The van der Waals surface area contributed by atoms with Gasteiger partial charge in [0.2, 0.25) is 0 Å². The van der Waals surface area contributed by atoms with Gasteiger partial charge in [0.25, 0.3) is 0 Å². The van der Waals surface area contributed by atoms with Crippen molar-refractivity contribution in [3.05, 3.63) is 34.9 Å². The molecule has 0 atom stereocenters. The first-order chi connectivity index (χ1) is 6.09. The van der Waals surface area contributed by atoms with E-state index in [1.165, 1.54) is 16.8 Å². The smallest absolute Gasteiger partial charge is 0.110 e. The van der Waals surface area contributed by atoms with Crippen molar-refractivity contribution in [3.8, 4) is 0 Å².